The number of ether oxygens (including phenoxy) is 1. The van der Waals surface area contributed by atoms with Crippen molar-refractivity contribution in [3.8, 4) is 0 Å². The zero-order valence-electron chi connectivity index (χ0n) is 16.2. The second-order valence-corrected chi connectivity index (χ2v) is 9.00. The van der Waals surface area contributed by atoms with Crippen LogP contribution in [0.25, 0.3) is 10.1 Å². The summed E-state index contributed by atoms with van der Waals surface area (Å²) in [4.78, 5) is 16.5. The number of fused-ring (bicyclic) bond motifs is 1. The summed E-state index contributed by atoms with van der Waals surface area (Å²) in [5.41, 5.74) is 1.25. The minimum atomic E-state index is 0.0489. The lowest BCUT2D eigenvalue weighted by atomic mass is 9.93. The first-order valence-electron chi connectivity index (χ1n) is 10.3. The first-order chi connectivity index (χ1) is 13.3. The molecule has 4 rings (SSSR count). The number of likely N-dealkylation sites (tertiary alicyclic amines) is 1. The van der Waals surface area contributed by atoms with E-state index in [0.29, 0.717) is 19.2 Å². The molecule has 1 N–H and O–H groups in total. The number of amides is 1. The van der Waals surface area contributed by atoms with Gasteiger partial charge in [0, 0.05) is 30.9 Å². The second-order valence-electron chi connectivity index (χ2n) is 7.95. The summed E-state index contributed by atoms with van der Waals surface area (Å²) in [6.07, 6.45) is 7.67. The van der Waals surface area contributed by atoms with E-state index in [0.717, 1.165) is 17.2 Å². The highest BCUT2D eigenvalue weighted by atomic mass is 32.1. The number of benzene rings is 1. The van der Waals surface area contributed by atoms with Crippen molar-refractivity contribution in [2.24, 2.45) is 5.92 Å². The third-order valence-corrected chi connectivity index (χ3v) is 7.09. The molecule has 0 bridgehead atoms. The van der Waals surface area contributed by atoms with Gasteiger partial charge in [-0.25, -0.2) is 0 Å². The normalized spacial score (nSPS) is 20.9. The molecule has 27 heavy (non-hydrogen) atoms. The third kappa shape index (κ3) is 4.53. The number of thiophene rings is 1. The van der Waals surface area contributed by atoms with E-state index in [4.69, 9.17) is 4.74 Å². The van der Waals surface area contributed by atoms with Crippen LogP contribution in [0.3, 0.4) is 0 Å². The summed E-state index contributed by atoms with van der Waals surface area (Å²) in [7, 11) is 1.66. The fourth-order valence-corrected chi connectivity index (χ4v) is 5.38. The lowest BCUT2D eigenvalue weighted by molar-refractivity contribution is 0.0939. The number of hydrogen-bond acceptors (Lipinski definition) is 4. The quantitative estimate of drug-likeness (QED) is 0.695. The summed E-state index contributed by atoms with van der Waals surface area (Å²) in [5.74, 6) is 0.967. The Balaban J connectivity index is 1.58. The van der Waals surface area contributed by atoms with Crippen LogP contribution in [0.1, 0.15) is 47.3 Å². The summed E-state index contributed by atoms with van der Waals surface area (Å²) in [5, 5.41) is 4.29. The highest BCUT2D eigenvalue weighted by Gasteiger charge is 2.31. The van der Waals surface area contributed by atoms with Crippen LogP contribution in [0.5, 0.6) is 0 Å². The van der Waals surface area contributed by atoms with Crippen molar-refractivity contribution in [3.63, 3.8) is 0 Å². The van der Waals surface area contributed by atoms with E-state index in [2.05, 4.69) is 34.5 Å². The van der Waals surface area contributed by atoms with Crippen molar-refractivity contribution in [1.29, 1.82) is 0 Å². The van der Waals surface area contributed by atoms with Gasteiger partial charge in [-0.05, 0) is 61.6 Å². The Morgan fingerprint density at radius 1 is 1.26 bits per heavy atom. The summed E-state index contributed by atoms with van der Waals surface area (Å²) in [6.45, 7) is 3.57. The molecule has 1 aromatic heterocycles. The SMILES string of the molecule is COCCNC(=O)c1sc2ccccc2c1C[C@@H]1CCCCN1CC1CC1. The molecule has 5 heteroatoms. The fraction of sp³-hybridized carbons (Fsp3) is 0.591. The van der Waals surface area contributed by atoms with E-state index in [1.807, 2.05) is 0 Å². The molecule has 146 valence electrons. The molecule has 0 unspecified atom stereocenters. The first kappa shape index (κ1) is 18.9. The minimum absolute atomic E-state index is 0.0489. The van der Waals surface area contributed by atoms with E-state index >= 15 is 0 Å². The van der Waals surface area contributed by atoms with E-state index < -0.39 is 0 Å². The molecule has 0 spiro atoms. The fourth-order valence-electron chi connectivity index (χ4n) is 4.23. The second kappa shape index (κ2) is 8.72. The predicted molar refractivity (Wildman–Crippen MR) is 112 cm³/mol. The van der Waals surface area contributed by atoms with Gasteiger partial charge in [-0.2, -0.15) is 0 Å². The van der Waals surface area contributed by atoms with E-state index in [-0.39, 0.29) is 5.91 Å². The van der Waals surface area contributed by atoms with Gasteiger partial charge in [-0.1, -0.05) is 24.6 Å². The standard InChI is InChI=1S/C22H30N2O2S/c1-26-13-11-23-22(25)21-19(18-7-2-3-8-20(18)27-21)14-17-6-4-5-12-24(17)15-16-9-10-16/h2-3,7-8,16-17H,4-6,9-15H2,1H3,(H,23,25)/t17-/m0/s1. The highest BCUT2D eigenvalue weighted by Crippen LogP contribution is 2.36. The summed E-state index contributed by atoms with van der Waals surface area (Å²) >= 11 is 1.63. The van der Waals surface area contributed by atoms with Crippen molar-refractivity contribution < 1.29 is 9.53 Å². The first-order valence-corrected chi connectivity index (χ1v) is 11.1. The van der Waals surface area contributed by atoms with Gasteiger partial charge in [0.1, 0.15) is 0 Å². The average Bonchev–Trinajstić information content (AvgIpc) is 3.43. The topological polar surface area (TPSA) is 41.6 Å². The Morgan fingerprint density at radius 3 is 2.93 bits per heavy atom. The Kier molecular flexibility index (Phi) is 6.11. The van der Waals surface area contributed by atoms with Crippen LogP contribution < -0.4 is 5.32 Å². The molecule has 4 nitrogen and oxygen atoms in total. The predicted octanol–water partition coefficient (Wildman–Crippen LogP) is 4.08. The smallest absolute Gasteiger partial charge is 0.261 e. The van der Waals surface area contributed by atoms with Crippen LogP contribution in [0.15, 0.2) is 24.3 Å². The maximum Gasteiger partial charge on any atom is 0.261 e. The summed E-state index contributed by atoms with van der Waals surface area (Å²) in [6, 6.07) is 9.05. The Bertz CT molecular complexity index is 784. The van der Waals surface area contributed by atoms with Crippen molar-refractivity contribution in [3.05, 3.63) is 34.7 Å². The van der Waals surface area contributed by atoms with Gasteiger partial charge in [-0.3, -0.25) is 9.69 Å². The maximum absolute atomic E-state index is 12.9. The number of nitrogens with one attached hydrogen (secondary N) is 1. The van der Waals surface area contributed by atoms with E-state index in [9.17, 15) is 4.79 Å². The Hall–Kier alpha value is -1.43. The molecule has 1 amide bonds. The number of methoxy groups -OCH3 is 1. The minimum Gasteiger partial charge on any atom is -0.383 e. The molecular formula is C22H30N2O2S. The number of rotatable bonds is 8. The van der Waals surface area contributed by atoms with Crippen molar-refractivity contribution in [1.82, 2.24) is 10.2 Å². The Labute approximate surface area is 165 Å². The van der Waals surface area contributed by atoms with Gasteiger partial charge in [0.2, 0.25) is 0 Å². The van der Waals surface area contributed by atoms with Crippen LogP contribution in [-0.4, -0.2) is 50.2 Å². The number of nitrogens with zero attached hydrogens (tertiary/aromatic N) is 1. The highest BCUT2D eigenvalue weighted by molar-refractivity contribution is 7.21. The van der Waals surface area contributed by atoms with E-state index in [1.165, 1.54) is 60.8 Å². The average molecular weight is 387 g/mol. The van der Waals surface area contributed by atoms with Crippen LogP contribution in [-0.2, 0) is 11.2 Å². The van der Waals surface area contributed by atoms with E-state index in [1.54, 1.807) is 18.4 Å². The number of carbonyl (C=O) groups is 1. The molecular weight excluding hydrogens is 356 g/mol. The summed E-state index contributed by atoms with van der Waals surface area (Å²) < 4.78 is 6.29. The largest absolute Gasteiger partial charge is 0.383 e. The molecule has 1 aromatic carbocycles. The van der Waals surface area contributed by atoms with Crippen molar-refractivity contribution in [2.75, 3.05) is 33.4 Å². The van der Waals surface area contributed by atoms with Gasteiger partial charge in [0.05, 0.1) is 11.5 Å². The molecule has 1 atom stereocenters. The lowest BCUT2D eigenvalue weighted by Gasteiger charge is -2.36. The van der Waals surface area contributed by atoms with Crippen LogP contribution in [0.4, 0.5) is 0 Å². The molecule has 1 aliphatic carbocycles. The molecule has 0 radical (unpaired) electrons. The van der Waals surface area contributed by atoms with Gasteiger partial charge in [-0.15, -0.1) is 11.3 Å². The van der Waals surface area contributed by atoms with Crippen LogP contribution in [0, 0.1) is 5.92 Å². The monoisotopic (exact) mass is 386 g/mol. The molecule has 1 aliphatic heterocycles. The van der Waals surface area contributed by atoms with Crippen molar-refractivity contribution >= 4 is 27.3 Å². The molecule has 2 heterocycles. The Morgan fingerprint density at radius 2 is 2.11 bits per heavy atom. The molecule has 2 aromatic rings. The number of piperidine rings is 1. The molecule has 2 aliphatic rings. The van der Waals surface area contributed by atoms with Gasteiger partial charge >= 0.3 is 0 Å². The number of hydrogen-bond donors (Lipinski definition) is 1. The van der Waals surface area contributed by atoms with Gasteiger partial charge in [0.15, 0.2) is 0 Å². The zero-order chi connectivity index (χ0) is 18.6. The van der Waals surface area contributed by atoms with Crippen molar-refractivity contribution in [2.45, 2.75) is 44.6 Å². The van der Waals surface area contributed by atoms with Crippen LogP contribution >= 0.6 is 11.3 Å². The zero-order valence-corrected chi connectivity index (χ0v) is 17.0. The molecule has 1 saturated carbocycles. The molecule has 1 saturated heterocycles. The van der Waals surface area contributed by atoms with Crippen LogP contribution in [0.2, 0.25) is 0 Å². The molecule has 2 fully saturated rings. The van der Waals surface area contributed by atoms with Gasteiger partial charge in [0.25, 0.3) is 5.91 Å². The van der Waals surface area contributed by atoms with Gasteiger partial charge < -0.3 is 10.1 Å². The third-order valence-electron chi connectivity index (χ3n) is 5.87. The maximum atomic E-state index is 12.9. The lowest BCUT2D eigenvalue weighted by Crippen LogP contribution is -2.42. The number of carbonyl (C=O) groups excluding carboxylic acids is 1.